The molecule has 0 aromatic carbocycles. The molecular weight excluding hydrogens is 334 g/mol. The number of aryl methyl sites for hydroxylation is 1. The highest BCUT2D eigenvalue weighted by atomic mass is 16.5. The maximum atomic E-state index is 12.8. The van der Waals surface area contributed by atoms with Gasteiger partial charge in [-0.3, -0.25) is 9.48 Å². The molecule has 4 rings (SSSR count). The van der Waals surface area contributed by atoms with Crippen molar-refractivity contribution in [1.29, 1.82) is 0 Å². The van der Waals surface area contributed by atoms with Gasteiger partial charge in [-0.1, -0.05) is 5.16 Å². The zero-order chi connectivity index (χ0) is 17.9. The minimum atomic E-state index is -0.141. The van der Waals surface area contributed by atoms with Gasteiger partial charge in [0.1, 0.15) is 5.76 Å². The molecule has 0 saturated heterocycles. The molecule has 4 heterocycles. The van der Waals surface area contributed by atoms with E-state index in [0.717, 1.165) is 5.69 Å². The molecule has 134 valence electrons. The van der Waals surface area contributed by atoms with Gasteiger partial charge in [0.25, 0.3) is 5.91 Å². The lowest BCUT2D eigenvalue weighted by molar-refractivity contribution is 0.0713. The highest BCUT2D eigenvalue weighted by Crippen LogP contribution is 2.18. The van der Waals surface area contributed by atoms with E-state index in [9.17, 15) is 4.79 Å². The molecule has 26 heavy (non-hydrogen) atoms. The summed E-state index contributed by atoms with van der Waals surface area (Å²) in [6.45, 7) is 4.18. The Morgan fingerprint density at radius 2 is 2.15 bits per heavy atom. The molecule has 1 N–H and O–H groups in total. The van der Waals surface area contributed by atoms with Crippen LogP contribution < -0.4 is 5.32 Å². The second-order valence-corrected chi connectivity index (χ2v) is 6.33. The predicted molar refractivity (Wildman–Crippen MR) is 92.2 cm³/mol. The summed E-state index contributed by atoms with van der Waals surface area (Å²) in [5.41, 5.74) is 1.32. The van der Waals surface area contributed by atoms with Crippen molar-refractivity contribution in [3.8, 4) is 0 Å². The molecule has 0 saturated carbocycles. The molecule has 1 atom stereocenters. The molecule has 0 radical (unpaired) electrons. The fourth-order valence-corrected chi connectivity index (χ4v) is 3.07. The van der Waals surface area contributed by atoms with Crippen molar-refractivity contribution in [2.24, 2.45) is 5.92 Å². The lowest BCUT2D eigenvalue weighted by atomic mass is 10.1. The van der Waals surface area contributed by atoms with Crippen LogP contribution in [0, 0.1) is 12.8 Å². The summed E-state index contributed by atoms with van der Waals surface area (Å²) >= 11 is 0. The largest absolute Gasteiger partial charge is 0.361 e. The Morgan fingerprint density at radius 3 is 2.92 bits per heavy atom. The Hall–Kier alpha value is -3.23. The van der Waals surface area contributed by atoms with Crippen LogP contribution in [-0.2, 0) is 13.1 Å². The Morgan fingerprint density at radius 1 is 1.31 bits per heavy atom. The average Bonchev–Trinajstić information content (AvgIpc) is 3.24. The lowest BCUT2D eigenvalue weighted by Gasteiger charge is -2.23. The van der Waals surface area contributed by atoms with Crippen LogP contribution in [0.3, 0.4) is 0 Å². The van der Waals surface area contributed by atoms with Gasteiger partial charge in [0.05, 0.1) is 12.2 Å². The molecule has 3 aromatic rings. The van der Waals surface area contributed by atoms with E-state index in [1.807, 2.05) is 10.7 Å². The predicted octanol–water partition coefficient (Wildman–Crippen LogP) is 1.35. The second kappa shape index (κ2) is 6.95. The number of rotatable bonds is 4. The summed E-state index contributed by atoms with van der Waals surface area (Å²) < 4.78 is 6.99. The van der Waals surface area contributed by atoms with Gasteiger partial charge >= 0.3 is 0 Å². The number of fused-ring (bicyclic) bond motifs is 1. The normalized spacial score (nSPS) is 16.8. The van der Waals surface area contributed by atoms with Crippen LogP contribution in [0.4, 0.5) is 5.95 Å². The quantitative estimate of drug-likeness (QED) is 0.755. The third kappa shape index (κ3) is 3.41. The third-order valence-electron chi connectivity index (χ3n) is 4.32. The maximum Gasteiger partial charge on any atom is 0.276 e. The Balaban J connectivity index is 1.52. The number of nitrogens with one attached hydrogen (secondary N) is 1. The fraction of sp³-hybridized carbons (Fsp3) is 0.353. The SMILES string of the molecule is Cc1cc(C(=O)N2Cc3ccnn3CC(CNc3ncccn3)C2)no1. The Bertz CT molecular complexity index is 889. The summed E-state index contributed by atoms with van der Waals surface area (Å²) in [6, 6.07) is 5.37. The van der Waals surface area contributed by atoms with Crippen molar-refractivity contribution in [1.82, 2.24) is 29.8 Å². The van der Waals surface area contributed by atoms with Crippen LogP contribution in [0.25, 0.3) is 0 Å². The monoisotopic (exact) mass is 353 g/mol. The molecule has 0 aliphatic carbocycles. The van der Waals surface area contributed by atoms with Gasteiger partial charge in [0.2, 0.25) is 5.95 Å². The molecule has 1 amide bonds. The Labute approximate surface area is 150 Å². The number of carbonyl (C=O) groups is 1. The van der Waals surface area contributed by atoms with E-state index in [-0.39, 0.29) is 11.8 Å². The van der Waals surface area contributed by atoms with Crippen molar-refractivity contribution < 1.29 is 9.32 Å². The lowest BCUT2D eigenvalue weighted by Crippen LogP contribution is -2.36. The molecule has 9 heteroatoms. The van der Waals surface area contributed by atoms with E-state index in [1.165, 1.54) is 0 Å². The van der Waals surface area contributed by atoms with E-state index in [1.54, 1.807) is 42.5 Å². The number of hydrogen-bond acceptors (Lipinski definition) is 7. The fourth-order valence-electron chi connectivity index (χ4n) is 3.07. The van der Waals surface area contributed by atoms with E-state index in [0.29, 0.717) is 43.6 Å². The third-order valence-corrected chi connectivity index (χ3v) is 4.32. The summed E-state index contributed by atoms with van der Waals surface area (Å²) in [7, 11) is 0. The Kier molecular flexibility index (Phi) is 4.34. The number of amides is 1. The summed E-state index contributed by atoms with van der Waals surface area (Å²) in [5, 5.41) is 11.5. The van der Waals surface area contributed by atoms with Crippen LogP contribution in [0.15, 0.2) is 41.3 Å². The summed E-state index contributed by atoms with van der Waals surface area (Å²) in [4.78, 5) is 23.0. The summed E-state index contributed by atoms with van der Waals surface area (Å²) in [5.74, 6) is 1.20. The number of anilines is 1. The number of carbonyl (C=O) groups excluding carboxylic acids is 1. The number of hydrogen-bond donors (Lipinski definition) is 1. The van der Waals surface area contributed by atoms with Crippen LogP contribution in [0.5, 0.6) is 0 Å². The van der Waals surface area contributed by atoms with Gasteiger partial charge in [0.15, 0.2) is 5.69 Å². The highest BCUT2D eigenvalue weighted by Gasteiger charge is 2.27. The van der Waals surface area contributed by atoms with Crippen molar-refractivity contribution in [3.63, 3.8) is 0 Å². The van der Waals surface area contributed by atoms with Crippen molar-refractivity contribution >= 4 is 11.9 Å². The van der Waals surface area contributed by atoms with Crippen molar-refractivity contribution in [2.45, 2.75) is 20.0 Å². The molecular formula is C17H19N7O2. The van der Waals surface area contributed by atoms with Gasteiger partial charge in [-0.05, 0) is 19.1 Å². The minimum Gasteiger partial charge on any atom is -0.361 e. The van der Waals surface area contributed by atoms with Crippen molar-refractivity contribution in [2.75, 3.05) is 18.4 Å². The van der Waals surface area contributed by atoms with Gasteiger partial charge in [-0.2, -0.15) is 5.10 Å². The number of aromatic nitrogens is 5. The van der Waals surface area contributed by atoms with Gasteiger partial charge < -0.3 is 14.7 Å². The van der Waals surface area contributed by atoms with Crippen molar-refractivity contribution in [3.05, 3.63) is 53.9 Å². The van der Waals surface area contributed by atoms with Crippen LogP contribution >= 0.6 is 0 Å². The zero-order valence-electron chi connectivity index (χ0n) is 14.4. The van der Waals surface area contributed by atoms with E-state index in [4.69, 9.17) is 4.52 Å². The van der Waals surface area contributed by atoms with Crippen LogP contribution in [0.1, 0.15) is 21.9 Å². The molecule has 1 unspecified atom stereocenters. The molecule has 1 aliphatic heterocycles. The molecule has 9 nitrogen and oxygen atoms in total. The van der Waals surface area contributed by atoms with Gasteiger partial charge in [-0.15, -0.1) is 0 Å². The minimum absolute atomic E-state index is 0.141. The zero-order valence-corrected chi connectivity index (χ0v) is 14.4. The first-order valence-corrected chi connectivity index (χ1v) is 8.43. The molecule has 1 aliphatic rings. The van der Waals surface area contributed by atoms with Crippen LogP contribution in [-0.4, -0.2) is 48.8 Å². The van der Waals surface area contributed by atoms with E-state index < -0.39 is 0 Å². The molecule has 0 fully saturated rings. The first-order valence-electron chi connectivity index (χ1n) is 8.43. The topological polar surface area (TPSA) is 102 Å². The average molecular weight is 353 g/mol. The standard InChI is InChI=1S/C17H19N7O2/c1-12-7-15(22-26-12)16(25)23-9-13(8-20-17-18-4-2-5-19-17)10-24-14(11-23)3-6-21-24/h2-7,13H,8-11H2,1H3,(H,18,19,20). The van der Waals surface area contributed by atoms with E-state index in [2.05, 4.69) is 25.5 Å². The maximum absolute atomic E-state index is 12.8. The first-order chi connectivity index (χ1) is 12.7. The van der Waals surface area contributed by atoms with Crippen LogP contribution in [0.2, 0.25) is 0 Å². The first kappa shape index (κ1) is 16.2. The van der Waals surface area contributed by atoms with Gasteiger partial charge in [0, 0.05) is 50.2 Å². The van der Waals surface area contributed by atoms with Gasteiger partial charge in [-0.25, -0.2) is 9.97 Å². The highest BCUT2D eigenvalue weighted by molar-refractivity contribution is 5.92. The molecule has 3 aromatic heterocycles. The summed E-state index contributed by atoms with van der Waals surface area (Å²) in [6.07, 6.45) is 5.14. The smallest absolute Gasteiger partial charge is 0.276 e. The molecule has 0 bridgehead atoms. The van der Waals surface area contributed by atoms with E-state index >= 15 is 0 Å². The second-order valence-electron chi connectivity index (χ2n) is 6.33. The number of nitrogens with zero attached hydrogens (tertiary/aromatic N) is 6. The molecule has 0 spiro atoms.